The van der Waals surface area contributed by atoms with E-state index in [1.165, 1.54) is 0 Å². The van der Waals surface area contributed by atoms with Gasteiger partial charge in [-0.3, -0.25) is 4.90 Å². The molecule has 1 aliphatic rings. The van der Waals surface area contributed by atoms with Crippen molar-refractivity contribution < 1.29 is 14.6 Å². The van der Waals surface area contributed by atoms with Gasteiger partial charge in [-0.05, 0) is 91.5 Å². The minimum Gasteiger partial charge on any atom is -0.489 e. The summed E-state index contributed by atoms with van der Waals surface area (Å²) in [4.78, 5) is 18.6. The molecule has 0 unspecified atom stereocenters. The first-order valence-corrected chi connectivity index (χ1v) is 13.8. The molecule has 0 amide bonds. The number of aromatic carboxylic acids is 1. The number of rotatable bonds is 8. The van der Waals surface area contributed by atoms with Crippen LogP contribution in [-0.2, 0) is 13.2 Å². The molecule has 0 radical (unpaired) electrons. The Morgan fingerprint density at radius 1 is 1.03 bits per heavy atom. The Morgan fingerprint density at radius 3 is 2.54 bits per heavy atom. The summed E-state index contributed by atoms with van der Waals surface area (Å²) in [6.45, 7) is 3.19. The van der Waals surface area contributed by atoms with Crippen LogP contribution in [0.3, 0.4) is 0 Å². The zero-order valence-electron chi connectivity index (χ0n) is 20.1. The Balaban J connectivity index is 1.13. The zero-order chi connectivity index (χ0) is 25.8. The number of carboxylic acids is 1. The summed E-state index contributed by atoms with van der Waals surface area (Å²) in [7, 11) is 0. The molecule has 5 nitrogen and oxygen atoms in total. The van der Waals surface area contributed by atoms with Crippen LogP contribution in [0.5, 0.6) is 5.75 Å². The molecular weight excluding hydrogens is 527 g/mol. The van der Waals surface area contributed by atoms with Gasteiger partial charge >= 0.3 is 5.97 Å². The highest BCUT2D eigenvalue weighted by atomic mass is 35.5. The number of piperidine rings is 1. The summed E-state index contributed by atoms with van der Waals surface area (Å²) in [5.74, 6) is 0.311. The molecule has 190 valence electrons. The van der Waals surface area contributed by atoms with E-state index >= 15 is 0 Å². The molecule has 1 fully saturated rings. The molecule has 3 aromatic carbocycles. The van der Waals surface area contributed by atoms with Crippen LogP contribution in [-0.4, -0.2) is 34.0 Å². The first-order chi connectivity index (χ1) is 17.9. The van der Waals surface area contributed by atoms with Gasteiger partial charge in [0.25, 0.3) is 0 Å². The maximum Gasteiger partial charge on any atom is 0.335 e. The summed E-state index contributed by atoms with van der Waals surface area (Å²) >= 11 is 13.7. The van der Waals surface area contributed by atoms with Gasteiger partial charge in [-0.2, -0.15) is 0 Å². The monoisotopic (exact) mass is 552 g/mol. The van der Waals surface area contributed by atoms with Crippen LogP contribution in [0.15, 0.2) is 72.1 Å². The lowest BCUT2D eigenvalue weighted by atomic mass is 9.88. The number of benzene rings is 3. The minimum absolute atomic E-state index is 0.362. The number of halogens is 2. The molecule has 0 atom stereocenters. The molecule has 0 aliphatic carbocycles. The molecule has 0 spiro atoms. The lowest BCUT2D eigenvalue weighted by Crippen LogP contribution is -2.32. The van der Waals surface area contributed by atoms with E-state index in [1.807, 2.05) is 54.6 Å². The third-order valence-electron chi connectivity index (χ3n) is 6.64. The number of aromatic nitrogens is 1. The van der Waals surface area contributed by atoms with Crippen molar-refractivity contribution in [2.75, 3.05) is 13.1 Å². The van der Waals surface area contributed by atoms with Gasteiger partial charge in [0, 0.05) is 10.9 Å². The van der Waals surface area contributed by atoms with Gasteiger partial charge in [0.05, 0.1) is 27.8 Å². The fourth-order valence-corrected chi connectivity index (χ4v) is 5.74. The summed E-state index contributed by atoms with van der Waals surface area (Å²) in [5.41, 5.74) is 4.47. The average molecular weight is 554 g/mol. The van der Waals surface area contributed by atoms with Crippen molar-refractivity contribution in [2.24, 2.45) is 0 Å². The van der Waals surface area contributed by atoms with Crippen LogP contribution in [0.25, 0.3) is 11.3 Å². The van der Waals surface area contributed by atoms with E-state index in [-0.39, 0.29) is 0 Å². The Kier molecular flexibility index (Phi) is 8.11. The molecule has 1 N–H and O–H groups in total. The van der Waals surface area contributed by atoms with Crippen molar-refractivity contribution in [1.29, 1.82) is 0 Å². The third-order valence-corrected chi connectivity index (χ3v) is 8.22. The predicted octanol–water partition coefficient (Wildman–Crippen LogP) is 7.77. The van der Waals surface area contributed by atoms with E-state index < -0.39 is 5.97 Å². The quantitative estimate of drug-likeness (QED) is 0.242. The molecule has 8 heteroatoms. The standard InChI is InChI=1S/C29H26Cl2N2O3S/c30-25-9-4-19(14-26(25)31)17-36-24-7-5-21(6-8-24)27-18-37-28(32-27)16-33-12-10-20(11-13-33)22-2-1-3-23(15-22)29(34)35/h1-9,14-15,18,20H,10-13,16-17H2,(H,34,35). The zero-order valence-corrected chi connectivity index (χ0v) is 22.4. The average Bonchev–Trinajstić information content (AvgIpc) is 3.38. The molecule has 5 rings (SSSR count). The number of nitrogens with zero attached hydrogens (tertiary/aromatic N) is 2. The maximum atomic E-state index is 11.3. The van der Waals surface area contributed by atoms with Gasteiger partial charge in [0.15, 0.2) is 0 Å². The van der Waals surface area contributed by atoms with E-state index in [1.54, 1.807) is 23.5 Å². The Morgan fingerprint density at radius 2 is 1.81 bits per heavy atom. The van der Waals surface area contributed by atoms with Crippen LogP contribution in [0, 0.1) is 0 Å². The van der Waals surface area contributed by atoms with E-state index in [0.717, 1.165) is 65.6 Å². The summed E-state index contributed by atoms with van der Waals surface area (Å²) in [6.07, 6.45) is 2.04. The van der Waals surface area contributed by atoms with Crippen LogP contribution in [0.1, 0.15) is 45.3 Å². The Labute approximate surface area is 230 Å². The van der Waals surface area contributed by atoms with Crippen molar-refractivity contribution in [3.8, 4) is 17.0 Å². The fraction of sp³-hybridized carbons (Fsp3) is 0.241. The predicted molar refractivity (Wildman–Crippen MR) is 149 cm³/mol. The summed E-state index contributed by atoms with van der Waals surface area (Å²) in [6, 6.07) is 20.8. The fourth-order valence-electron chi connectivity index (χ4n) is 4.58. The summed E-state index contributed by atoms with van der Waals surface area (Å²) < 4.78 is 5.89. The molecule has 1 aromatic heterocycles. The number of hydrogen-bond acceptors (Lipinski definition) is 5. The van der Waals surface area contributed by atoms with Gasteiger partial charge in [-0.25, -0.2) is 9.78 Å². The highest BCUT2D eigenvalue weighted by Gasteiger charge is 2.22. The van der Waals surface area contributed by atoms with Gasteiger partial charge in [0.1, 0.15) is 17.4 Å². The second-order valence-corrected chi connectivity index (χ2v) is 10.9. The molecule has 1 aliphatic heterocycles. The van der Waals surface area contributed by atoms with Crippen LogP contribution in [0.4, 0.5) is 0 Å². The van der Waals surface area contributed by atoms with Gasteiger partial charge < -0.3 is 9.84 Å². The molecule has 1 saturated heterocycles. The topological polar surface area (TPSA) is 62.7 Å². The lowest BCUT2D eigenvalue weighted by Gasteiger charge is -2.31. The number of likely N-dealkylation sites (tertiary alicyclic amines) is 1. The van der Waals surface area contributed by atoms with E-state index in [2.05, 4.69) is 10.3 Å². The highest BCUT2D eigenvalue weighted by molar-refractivity contribution is 7.09. The van der Waals surface area contributed by atoms with Crippen molar-refractivity contribution in [2.45, 2.75) is 31.9 Å². The second kappa shape index (κ2) is 11.7. The second-order valence-electron chi connectivity index (χ2n) is 9.17. The molecule has 0 saturated carbocycles. The van der Waals surface area contributed by atoms with E-state index in [9.17, 15) is 9.90 Å². The van der Waals surface area contributed by atoms with Crippen molar-refractivity contribution in [3.63, 3.8) is 0 Å². The number of carboxylic acid groups (broad SMARTS) is 1. The van der Waals surface area contributed by atoms with Gasteiger partial charge in [0.2, 0.25) is 0 Å². The van der Waals surface area contributed by atoms with E-state index in [0.29, 0.717) is 28.1 Å². The molecule has 37 heavy (non-hydrogen) atoms. The number of hydrogen-bond donors (Lipinski definition) is 1. The normalized spacial score (nSPS) is 14.5. The highest BCUT2D eigenvalue weighted by Crippen LogP contribution is 2.31. The van der Waals surface area contributed by atoms with E-state index in [4.69, 9.17) is 32.9 Å². The third kappa shape index (κ3) is 6.51. The van der Waals surface area contributed by atoms with Crippen LogP contribution < -0.4 is 4.74 Å². The SMILES string of the molecule is O=C(O)c1cccc(C2CCN(Cc3nc(-c4ccc(OCc5ccc(Cl)c(Cl)c5)cc4)cs3)CC2)c1. The smallest absolute Gasteiger partial charge is 0.335 e. The molecule has 2 heterocycles. The minimum atomic E-state index is -0.871. The number of ether oxygens (including phenoxy) is 1. The Hall–Kier alpha value is -2.90. The molecular formula is C29H26Cl2N2O3S. The molecule has 0 bridgehead atoms. The van der Waals surface area contributed by atoms with Crippen LogP contribution in [0.2, 0.25) is 10.0 Å². The first kappa shape index (κ1) is 25.7. The lowest BCUT2D eigenvalue weighted by molar-refractivity contribution is 0.0696. The van der Waals surface area contributed by atoms with Crippen molar-refractivity contribution in [3.05, 3.63) is 104 Å². The van der Waals surface area contributed by atoms with Crippen LogP contribution >= 0.6 is 34.5 Å². The van der Waals surface area contributed by atoms with Crippen molar-refractivity contribution >= 4 is 40.5 Å². The largest absolute Gasteiger partial charge is 0.489 e. The number of thiazole rings is 1. The molecule has 4 aromatic rings. The number of carbonyl (C=O) groups is 1. The van der Waals surface area contributed by atoms with Gasteiger partial charge in [-0.1, -0.05) is 41.4 Å². The van der Waals surface area contributed by atoms with Crippen molar-refractivity contribution in [1.82, 2.24) is 9.88 Å². The maximum absolute atomic E-state index is 11.3. The summed E-state index contributed by atoms with van der Waals surface area (Å²) in [5, 5.41) is 13.5. The first-order valence-electron chi connectivity index (χ1n) is 12.1. The Bertz CT molecular complexity index is 1380. The van der Waals surface area contributed by atoms with Gasteiger partial charge in [-0.15, -0.1) is 11.3 Å².